The van der Waals surface area contributed by atoms with Crippen LogP contribution < -0.4 is 5.32 Å². The molecule has 1 amide bonds. The molecule has 0 aliphatic heterocycles. The molecule has 1 saturated carbocycles. The number of pyridine rings is 2. The molecule has 4 rings (SSSR count). The first-order valence-corrected chi connectivity index (χ1v) is 9.22. The van der Waals surface area contributed by atoms with Gasteiger partial charge >= 0.3 is 0 Å². The molecule has 7 heteroatoms. The van der Waals surface area contributed by atoms with E-state index in [-0.39, 0.29) is 11.8 Å². The summed E-state index contributed by atoms with van der Waals surface area (Å²) >= 11 is 0. The standard InChI is InChI=1S/C21H25N5O2/c1-13-22-12-19(28-13)17-9-6-15-11-23-20(10-18(15)24-17)25-21(27)14-4-7-16(8-5-14)26(2)3/h6,9-12,14,16H,4-5,7-8H2,1-3H3,(H,23,25,27)/i2D3,3D3. The third kappa shape index (κ3) is 3.89. The zero-order valence-corrected chi connectivity index (χ0v) is 15.5. The molecule has 0 saturated heterocycles. The molecule has 0 radical (unpaired) electrons. The van der Waals surface area contributed by atoms with Crippen LogP contribution in [0.3, 0.4) is 0 Å². The van der Waals surface area contributed by atoms with E-state index in [0.29, 0.717) is 59.3 Å². The molecule has 28 heavy (non-hydrogen) atoms. The van der Waals surface area contributed by atoms with Crippen molar-refractivity contribution in [2.24, 2.45) is 5.92 Å². The third-order valence-electron chi connectivity index (χ3n) is 5.13. The van der Waals surface area contributed by atoms with Gasteiger partial charge in [-0.15, -0.1) is 0 Å². The van der Waals surface area contributed by atoms with Crippen LogP contribution in [0.4, 0.5) is 5.82 Å². The van der Waals surface area contributed by atoms with E-state index >= 15 is 0 Å². The van der Waals surface area contributed by atoms with Gasteiger partial charge in [0.2, 0.25) is 5.91 Å². The van der Waals surface area contributed by atoms with Crippen LogP contribution in [-0.4, -0.2) is 45.8 Å². The molecule has 1 aliphatic carbocycles. The summed E-state index contributed by atoms with van der Waals surface area (Å²) in [5, 5.41) is 3.61. The fourth-order valence-electron chi connectivity index (χ4n) is 3.53. The molecule has 7 nitrogen and oxygen atoms in total. The Labute approximate surface area is 172 Å². The van der Waals surface area contributed by atoms with E-state index in [9.17, 15) is 4.79 Å². The number of oxazole rings is 1. The lowest BCUT2D eigenvalue weighted by Crippen LogP contribution is -2.35. The normalized spacial score (nSPS) is 23.9. The minimum atomic E-state index is -2.73. The Kier molecular flexibility index (Phi) is 3.46. The zero-order valence-electron chi connectivity index (χ0n) is 21.5. The highest BCUT2D eigenvalue weighted by Gasteiger charge is 2.27. The fraction of sp³-hybridized carbons (Fsp3) is 0.429. The number of fused-ring (bicyclic) bond motifs is 1. The lowest BCUT2D eigenvalue weighted by atomic mass is 9.85. The predicted octanol–water partition coefficient (Wildman–Crippen LogP) is 3.65. The molecule has 0 unspecified atom stereocenters. The Hall–Kier alpha value is -2.80. The van der Waals surface area contributed by atoms with Gasteiger partial charge in [0.25, 0.3) is 0 Å². The van der Waals surface area contributed by atoms with E-state index < -0.39 is 20.0 Å². The number of anilines is 1. The van der Waals surface area contributed by atoms with Crippen molar-refractivity contribution in [3.8, 4) is 11.5 Å². The van der Waals surface area contributed by atoms with Gasteiger partial charge in [0.15, 0.2) is 11.7 Å². The fourth-order valence-corrected chi connectivity index (χ4v) is 3.53. The second-order valence-electron chi connectivity index (χ2n) is 7.07. The zero-order chi connectivity index (χ0) is 24.7. The maximum Gasteiger partial charge on any atom is 0.228 e. The molecular weight excluding hydrogens is 354 g/mol. The van der Waals surface area contributed by atoms with Crippen molar-refractivity contribution in [3.05, 3.63) is 36.5 Å². The van der Waals surface area contributed by atoms with Gasteiger partial charge in [-0.3, -0.25) is 4.79 Å². The Bertz CT molecular complexity index is 1170. The van der Waals surface area contributed by atoms with Crippen LogP contribution >= 0.6 is 0 Å². The van der Waals surface area contributed by atoms with Crippen molar-refractivity contribution >= 4 is 22.6 Å². The first-order chi connectivity index (χ1) is 15.9. The molecular formula is C21H25N5O2. The van der Waals surface area contributed by atoms with Gasteiger partial charge in [-0.25, -0.2) is 15.0 Å². The van der Waals surface area contributed by atoms with Gasteiger partial charge in [-0.2, -0.15) is 0 Å². The number of aryl methyl sites for hydroxylation is 1. The van der Waals surface area contributed by atoms with Gasteiger partial charge < -0.3 is 14.6 Å². The molecule has 3 heterocycles. The van der Waals surface area contributed by atoms with Crippen molar-refractivity contribution in [2.45, 2.75) is 38.6 Å². The Morgan fingerprint density at radius 3 is 2.75 bits per heavy atom. The van der Waals surface area contributed by atoms with Crippen LogP contribution in [-0.2, 0) is 4.79 Å². The first-order valence-electron chi connectivity index (χ1n) is 12.2. The van der Waals surface area contributed by atoms with Gasteiger partial charge in [0, 0.05) is 44.8 Å². The number of hydrogen-bond acceptors (Lipinski definition) is 6. The number of carbonyl (C=O) groups is 1. The SMILES string of the molecule is [2H]C([2H])([2H])N(C1CCC(C(=O)Nc2cc3nc(-c4cnc(C)o4)ccc3cn2)CC1)C([2H])([2H])[2H]. The van der Waals surface area contributed by atoms with Crippen LogP contribution in [0, 0.1) is 12.8 Å². The number of aromatic nitrogens is 3. The maximum atomic E-state index is 12.8. The van der Waals surface area contributed by atoms with Gasteiger partial charge in [0.1, 0.15) is 11.5 Å². The summed E-state index contributed by atoms with van der Waals surface area (Å²) in [6, 6.07) is 4.71. The molecule has 1 fully saturated rings. The van der Waals surface area contributed by atoms with Gasteiger partial charge in [-0.05, 0) is 51.8 Å². The summed E-state index contributed by atoms with van der Waals surface area (Å²) in [5.74, 6) is 0.836. The number of carbonyl (C=O) groups excluding carboxylic acids is 1. The van der Waals surface area contributed by atoms with E-state index in [2.05, 4.69) is 20.3 Å². The smallest absolute Gasteiger partial charge is 0.228 e. The largest absolute Gasteiger partial charge is 0.439 e. The Balaban J connectivity index is 1.43. The molecule has 0 aromatic carbocycles. The van der Waals surface area contributed by atoms with E-state index in [1.165, 1.54) is 0 Å². The first kappa shape index (κ1) is 12.6. The quantitative estimate of drug-likeness (QED) is 0.738. The molecule has 1 N–H and O–H groups in total. The highest BCUT2D eigenvalue weighted by molar-refractivity contribution is 5.93. The molecule has 1 aliphatic rings. The van der Waals surface area contributed by atoms with E-state index in [4.69, 9.17) is 12.6 Å². The maximum absolute atomic E-state index is 12.8. The lowest BCUT2D eigenvalue weighted by Gasteiger charge is -2.31. The molecule has 3 aromatic rings. The molecule has 0 bridgehead atoms. The van der Waals surface area contributed by atoms with Crippen molar-refractivity contribution in [3.63, 3.8) is 0 Å². The monoisotopic (exact) mass is 385 g/mol. The summed E-state index contributed by atoms with van der Waals surface area (Å²) in [6.45, 7) is -3.70. The highest BCUT2D eigenvalue weighted by atomic mass is 16.4. The van der Waals surface area contributed by atoms with E-state index in [1.807, 2.05) is 12.1 Å². The van der Waals surface area contributed by atoms with Gasteiger partial charge in [-0.1, -0.05) is 0 Å². The van der Waals surface area contributed by atoms with Crippen molar-refractivity contribution in [2.75, 3.05) is 19.3 Å². The summed E-state index contributed by atoms with van der Waals surface area (Å²) in [4.78, 5) is 26.4. The van der Waals surface area contributed by atoms with E-state index in [0.717, 1.165) is 5.39 Å². The van der Waals surface area contributed by atoms with Crippen molar-refractivity contribution < 1.29 is 17.4 Å². The van der Waals surface area contributed by atoms with Crippen LogP contribution in [0.15, 0.2) is 35.0 Å². The second-order valence-corrected chi connectivity index (χ2v) is 7.07. The van der Waals surface area contributed by atoms with Crippen molar-refractivity contribution in [1.82, 2.24) is 19.9 Å². The minimum Gasteiger partial charge on any atom is -0.439 e. The van der Waals surface area contributed by atoms with Crippen molar-refractivity contribution in [1.29, 1.82) is 0 Å². The Morgan fingerprint density at radius 2 is 2.04 bits per heavy atom. The number of nitrogens with zero attached hydrogens (tertiary/aromatic N) is 4. The second kappa shape index (κ2) is 7.67. The summed E-state index contributed by atoms with van der Waals surface area (Å²) in [5.41, 5.74) is 1.24. The van der Waals surface area contributed by atoms with Crippen LogP contribution in [0.25, 0.3) is 22.4 Å². The minimum absolute atomic E-state index is 0.235. The number of hydrogen-bond donors (Lipinski definition) is 1. The number of nitrogens with one attached hydrogen (secondary N) is 1. The molecule has 0 atom stereocenters. The third-order valence-corrected chi connectivity index (χ3v) is 5.13. The predicted molar refractivity (Wildman–Crippen MR) is 108 cm³/mol. The number of rotatable bonds is 4. The van der Waals surface area contributed by atoms with Crippen LogP contribution in [0.5, 0.6) is 0 Å². The lowest BCUT2D eigenvalue weighted by molar-refractivity contribution is -0.121. The average Bonchev–Trinajstić information content (AvgIpc) is 3.18. The summed E-state index contributed by atoms with van der Waals surface area (Å²) in [7, 11) is 0. The number of amides is 1. The van der Waals surface area contributed by atoms with Crippen LogP contribution in [0.1, 0.15) is 39.8 Å². The highest BCUT2D eigenvalue weighted by Crippen LogP contribution is 2.28. The van der Waals surface area contributed by atoms with Crippen LogP contribution in [0.2, 0.25) is 0 Å². The molecule has 146 valence electrons. The summed E-state index contributed by atoms with van der Waals surface area (Å²) < 4.78 is 51.1. The van der Waals surface area contributed by atoms with E-state index in [1.54, 1.807) is 25.4 Å². The average molecular weight is 386 g/mol. The summed E-state index contributed by atoms with van der Waals surface area (Å²) in [6.07, 6.45) is 4.61. The van der Waals surface area contributed by atoms with Gasteiger partial charge in [0.05, 0.1) is 11.7 Å². The molecule has 0 spiro atoms. The Morgan fingerprint density at radius 1 is 1.21 bits per heavy atom. The molecule has 3 aromatic heterocycles. The topological polar surface area (TPSA) is 84.2 Å².